The summed E-state index contributed by atoms with van der Waals surface area (Å²) in [7, 11) is -15.6. The number of anilines is 2. The van der Waals surface area contributed by atoms with Crippen LogP contribution in [0, 0.1) is 0 Å². The van der Waals surface area contributed by atoms with E-state index >= 15 is 0 Å². The van der Waals surface area contributed by atoms with E-state index in [4.69, 9.17) is 0 Å². The van der Waals surface area contributed by atoms with E-state index in [0.29, 0.717) is 0 Å². The van der Waals surface area contributed by atoms with Crippen LogP contribution in [0.15, 0.2) is 46.2 Å². The molecule has 200 valence electrons. The van der Waals surface area contributed by atoms with E-state index < -0.39 is 55.5 Å². The van der Waals surface area contributed by atoms with Crippen LogP contribution in [-0.2, 0) is 40.5 Å². The van der Waals surface area contributed by atoms with Crippen molar-refractivity contribution in [3.63, 3.8) is 0 Å². The van der Waals surface area contributed by atoms with Crippen molar-refractivity contribution in [3.8, 4) is 0 Å². The van der Waals surface area contributed by atoms with Gasteiger partial charge in [-0.15, -0.1) is 0 Å². The van der Waals surface area contributed by atoms with E-state index in [1.807, 2.05) is 0 Å². The van der Waals surface area contributed by atoms with Crippen LogP contribution in [0.4, 0.5) is 11.4 Å². The van der Waals surface area contributed by atoms with Gasteiger partial charge in [-0.05, 0) is 49.2 Å². The molecule has 2 N–H and O–H groups in total. The zero-order chi connectivity index (χ0) is 27.7. The molecule has 0 aliphatic rings. The Morgan fingerprint density at radius 2 is 1.08 bits per heavy atom. The monoisotopic (exact) mass is 627 g/mol. The van der Waals surface area contributed by atoms with Crippen molar-refractivity contribution in [1.29, 1.82) is 0 Å². The Kier molecular flexibility index (Phi) is 13.7. The van der Waals surface area contributed by atoms with Crippen molar-refractivity contribution < 1.29 is 102 Å². The predicted octanol–water partition coefficient (Wildman–Crippen LogP) is -4.96. The molecule has 0 atom stereocenters. The quantitative estimate of drug-likeness (QED) is 0.146. The maximum atomic E-state index is 12.1. The molecule has 0 aromatic heterocycles. The summed E-state index contributed by atoms with van der Waals surface area (Å²) in [6.45, 7) is 2.78. The van der Waals surface area contributed by atoms with Crippen LogP contribution in [0.5, 0.6) is 0 Å². The fourth-order valence-electron chi connectivity index (χ4n) is 2.61. The van der Waals surface area contributed by atoms with Gasteiger partial charge in [0.25, 0.3) is 0 Å². The minimum atomic E-state index is -5.12. The maximum absolute atomic E-state index is 12.1. The fraction of sp³-hybridized carbons (Fsp3) is 0.263. The number of sulfonamides is 1. The molecule has 0 spiro atoms. The predicted molar refractivity (Wildman–Crippen MR) is 132 cm³/mol. The summed E-state index contributed by atoms with van der Waals surface area (Å²) in [6, 6.07) is 6.18. The van der Waals surface area contributed by atoms with Gasteiger partial charge >= 0.3 is 69.3 Å². The van der Waals surface area contributed by atoms with Crippen LogP contribution in [0.3, 0.4) is 0 Å². The topological polar surface area (TPSA) is 210 Å². The Labute approximate surface area is 267 Å². The number of hydrogen-bond donors (Lipinski definition) is 2. The van der Waals surface area contributed by atoms with Gasteiger partial charge in [-0.1, -0.05) is 24.3 Å². The summed E-state index contributed by atoms with van der Waals surface area (Å²) in [5, 5.41) is -0.845. The van der Waals surface area contributed by atoms with Gasteiger partial charge < -0.3 is 9.11 Å². The molecule has 0 amide bonds. The Morgan fingerprint density at radius 3 is 1.39 bits per heavy atom. The average Bonchev–Trinajstić information content (AvgIpc) is 2.71. The first-order valence-electron chi connectivity index (χ1n) is 9.84. The molecule has 0 aliphatic heterocycles. The second-order valence-electron chi connectivity index (χ2n) is 7.83. The minimum Gasteiger partial charge on any atom is -0.744 e. The van der Waals surface area contributed by atoms with Gasteiger partial charge in [0.2, 0.25) is 10.0 Å². The number of nitrogens with one attached hydrogen (secondary N) is 2. The van der Waals surface area contributed by atoms with Gasteiger partial charge in [0.15, 0.2) is 0 Å². The summed E-state index contributed by atoms with van der Waals surface area (Å²) >= 11 is 0. The molecule has 0 unspecified atom stereocenters. The van der Waals surface area contributed by atoms with E-state index in [-0.39, 0.29) is 81.6 Å². The van der Waals surface area contributed by atoms with Crippen molar-refractivity contribution in [2.75, 3.05) is 23.5 Å². The molecule has 38 heavy (non-hydrogen) atoms. The number of nitrogens with zero attached hydrogens (tertiary/aromatic N) is 1. The van der Waals surface area contributed by atoms with E-state index in [0.717, 1.165) is 40.7 Å². The Balaban J connectivity index is 0.00000684. The van der Waals surface area contributed by atoms with Crippen LogP contribution in [0.2, 0.25) is 0 Å². The average molecular weight is 628 g/mol. The third kappa shape index (κ3) is 10.1. The van der Waals surface area contributed by atoms with Crippen LogP contribution < -0.4 is 68.6 Å². The van der Waals surface area contributed by atoms with Crippen molar-refractivity contribution in [1.82, 2.24) is 4.31 Å². The van der Waals surface area contributed by atoms with Crippen molar-refractivity contribution in [2.24, 2.45) is 0 Å². The zero-order valence-corrected chi connectivity index (χ0v) is 28.6. The number of benzene rings is 2. The van der Waals surface area contributed by atoms with E-state index in [2.05, 4.69) is 9.44 Å². The van der Waals surface area contributed by atoms with Crippen LogP contribution >= 0.6 is 0 Å². The van der Waals surface area contributed by atoms with Gasteiger partial charge in [0.1, 0.15) is 20.2 Å². The molecule has 19 heteroatoms. The molecule has 2 aromatic rings. The first-order valence-corrected chi connectivity index (χ1v) is 15.6. The first kappa shape index (κ1) is 37.5. The summed E-state index contributed by atoms with van der Waals surface area (Å²) in [5.74, 6) is 0. The standard InChI is InChI=1S/C19H25N3O10S4.2Na/c1-13(2)33(23,24)20-16-9-7-14(18(11-16)34(25,26)27)5-6-15-8-10-17(12-19(15)35(28,29)30)21-36(31,32)22(3)4;;/h5-13,20-21H,1-4H3,(H,25,26,27)(H,28,29,30);;/q;2*+1/p-2/b6-5+;;. The first-order chi connectivity index (χ1) is 16.2. The SMILES string of the molecule is CC(C)S(=O)(=O)Nc1ccc(/C=C/c2ccc(NS(=O)(=O)N(C)C)cc2S(=O)(=O)[O-])c(S(=O)(=O)[O-])c1.[Na+].[Na+]. The Morgan fingerprint density at radius 1 is 0.711 bits per heavy atom. The molecule has 0 saturated heterocycles. The van der Waals surface area contributed by atoms with Gasteiger partial charge in [-0.3, -0.25) is 9.44 Å². The minimum absolute atomic E-state index is 0. The van der Waals surface area contributed by atoms with Crippen LogP contribution in [-0.4, -0.2) is 66.4 Å². The Bertz CT molecular complexity index is 1500. The third-order valence-electron chi connectivity index (χ3n) is 4.62. The molecule has 0 heterocycles. The van der Waals surface area contributed by atoms with Gasteiger partial charge in [0.05, 0.1) is 20.7 Å². The molecule has 0 radical (unpaired) electrons. The molecular formula is C19H23N3Na2O10S4. The third-order valence-corrected chi connectivity index (χ3v) is 9.62. The molecule has 0 aliphatic carbocycles. The van der Waals surface area contributed by atoms with Gasteiger partial charge in [-0.25, -0.2) is 25.3 Å². The van der Waals surface area contributed by atoms with Crippen molar-refractivity contribution >= 4 is 64.0 Å². The molecule has 2 rings (SSSR count). The largest absolute Gasteiger partial charge is 1.00 e. The smallest absolute Gasteiger partial charge is 0.744 e. The molecule has 13 nitrogen and oxygen atoms in total. The Hall–Kier alpha value is -0.540. The van der Waals surface area contributed by atoms with Crippen molar-refractivity contribution in [3.05, 3.63) is 47.5 Å². The molecule has 0 saturated carbocycles. The number of hydrogen-bond acceptors (Lipinski definition) is 10. The molecule has 2 aromatic carbocycles. The molecular weight excluding hydrogens is 604 g/mol. The van der Waals surface area contributed by atoms with E-state index in [1.54, 1.807) is 0 Å². The fourth-order valence-corrected chi connectivity index (χ4v) is 5.30. The summed E-state index contributed by atoms with van der Waals surface area (Å²) in [6.07, 6.45) is 2.08. The second kappa shape index (κ2) is 13.9. The van der Waals surface area contributed by atoms with E-state index in [1.165, 1.54) is 40.1 Å². The van der Waals surface area contributed by atoms with E-state index in [9.17, 15) is 42.8 Å². The maximum Gasteiger partial charge on any atom is 1.00 e. The van der Waals surface area contributed by atoms with Crippen molar-refractivity contribution in [2.45, 2.75) is 28.9 Å². The molecule has 0 bridgehead atoms. The summed E-state index contributed by atoms with van der Waals surface area (Å²) < 4.78 is 124. The normalized spacial score (nSPS) is 12.7. The van der Waals surface area contributed by atoms with Gasteiger partial charge in [0, 0.05) is 19.8 Å². The second-order valence-corrected chi connectivity index (χ2v) is 14.6. The number of rotatable bonds is 10. The summed E-state index contributed by atoms with van der Waals surface area (Å²) in [5.41, 5.74) is -0.851. The van der Waals surface area contributed by atoms with Crippen LogP contribution in [0.25, 0.3) is 12.2 Å². The zero-order valence-electron chi connectivity index (χ0n) is 21.4. The summed E-state index contributed by atoms with van der Waals surface area (Å²) in [4.78, 5) is -1.62. The van der Waals surface area contributed by atoms with Gasteiger partial charge in [-0.2, -0.15) is 12.7 Å². The molecule has 0 fully saturated rings. The van der Waals surface area contributed by atoms with Crippen LogP contribution in [0.1, 0.15) is 25.0 Å².